The van der Waals surface area contributed by atoms with Crippen molar-refractivity contribution in [2.45, 2.75) is 51.9 Å². The van der Waals surface area contributed by atoms with Crippen LogP contribution < -0.4 is 0 Å². The van der Waals surface area contributed by atoms with Gasteiger partial charge in [-0.15, -0.1) is 0 Å². The number of hydrogen-bond donors (Lipinski definition) is 1. The fourth-order valence-corrected chi connectivity index (χ4v) is 4.44. The molecule has 5 rings (SSSR count). The summed E-state index contributed by atoms with van der Waals surface area (Å²) in [6.45, 7) is 4.27. The lowest BCUT2D eigenvalue weighted by Gasteiger charge is -2.20. The summed E-state index contributed by atoms with van der Waals surface area (Å²) in [5.74, 6) is 0.632. The van der Waals surface area contributed by atoms with Gasteiger partial charge in [0.1, 0.15) is 6.33 Å². The van der Waals surface area contributed by atoms with E-state index in [9.17, 15) is 0 Å². The highest BCUT2D eigenvalue weighted by Crippen LogP contribution is 2.37. The van der Waals surface area contributed by atoms with Crippen LogP contribution in [0.1, 0.15) is 54.8 Å². The summed E-state index contributed by atoms with van der Waals surface area (Å²) in [6, 6.07) is 6.71. The van der Waals surface area contributed by atoms with Crippen LogP contribution in [0.25, 0.3) is 27.7 Å². The molecular formula is C21H23N5. The van der Waals surface area contributed by atoms with Crippen LogP contribution >= 0.6 is 0 Å². The lowest BCUT2D eigenvalue weighted by Crippen LogP contribution is -2.05. The first-order chi connectivity index (χ1) is 12.7. The summed E-state index contributed by atoms with van der Waals surface area (Å²) in [5.41, 5.74) is 8.06. The third-order valence-corrected chi connectivity index (χ3v) is 5.81. The number of rotatable bonds is 2. The Morgan fingerprint density at radius 3 is 2.73 bits per heavy atom. The Hall–Kier alpha value is -2.69. The summed E-state index contributed by atoms with van der Waals surface area (Å²) in [7, 11) is 0. The van der Waals surface area contributed by atoms with Gasteiger partial charge in [-0.05, 0) is 61.6 Å². The zero-order valence-corrected chi connectivity index (χ0v) is 15.3. The van der Waals surface area contributed by atoms with Gasteiger partial charge in [-0.25, -0.2) is 9.50 Å². The van der Waals surface area contributed by atoms with Crippen LogP contribution in [0, 0.1) is 13.8 Å². The highest BCUT2D eigenvalue weighted by molar-refractivity contribution is 5.88. The number of nitrogens with zero attached hydrogens (tertiary/aromatic N) is 4. The Balaban J connectivity index is 1.63. The van der Waals surface area contributed by atoms with E-state index < -0.39 is 0 Å². The van der Waals surface area contributed by atoms with Crippen molar-refractivity contribution in [2.24, 2.45) is 0 Å². The first-order valence-corrected chi connectivity index (χ1v) is 9.49. The summed E-state index contributed by atoms with van der Waals surface area (Å²) < 4.78 is 1.85. The second-order valence-electron chi connectivity index (χ2n) is 7.60. The monoisotopic (exact) mass is 345 g/mol. The molecule has 1 saturated carbocycles. The third-order valence-electron chi connectivity index (χ3n) is 5.81. The van der Waals surface area contributed by atoms with Crippen molar-refractivity contribution >= 4 is 16.6 Å². The molecule has 1 fully saturated rings. The molecule has 1 aromatic carbocycles. The number of aryl methyl sites for hydroxylation is 2. The lowest BCUT2D eigenvalue weighted by atomic mass is 9.85. The van der Waals surface area contributed by atoms with Gasteiger partial charge >= 0.3 is 0 Å². The zero-order valence-electron chi connectivity index (χ0n) is 15.3. The zero-order chi connectivity index (χ0) is 17.7. The van der Waals surface area contributed by atoms with Crippen molar-refractivity contribution in [3.05, 3.63) is 47.5 Å². The van der Waals surface area contributed by atoms with Crippen molar-refractivity contribution in [1.29, 1.82) is 0 Å². The molecule has 5 nitrogen and oxygen atoms in total. The van der Waals surface area contributed by atoms with Gasteiger partial charge in [0, 0.05) is 28.8 Å². The fourth-order valence-electron chi connectivity index (χ4n) is 4.44. The van der Waals surface area contributed by atoms with E-state index in [0.717, 1.165) is 22.3 Å². The van der Waals surface area contributed by atoms with E-state index in [0.29, 0.717) is 5.92 Å². The van der Waals surface area contributed by atoms with Crippen molar-refractivity contribution in [2.75, 3.05) is 0 Å². The SMILES string of the molecule is Cc1cc2c(C3CCCCC3)[nH]nc2cc1-c1cc(C)c2ncnn2c1. The van der Waals surface area contributed by atoms with Crippen molar-refractivity contribution < 1.29 is 0 Å². The standard InChI is InChI=1S/C21H23N5/c1-13-9-18-19(24-25-20(18)15-6-4-3-5-7-15)10-17(13)16-8-14(2)21-22-12-23-26(21)11-16/h8-12,15H,3-7H2,1-2H3,(H,24,25). The molecule has 0 amide bonds. The average Bonchev–Trinajstić information content (AvgIpc) is 3.28. The minimum Gasteiger partial charge on any atom is -0.281 e. The summed E-state index contributed by atoms with van der Waals surface area (Å²) in [5, 5.41) is 13.6. The molecule has 3 heterocycles. The van der Waals surface area contributed by atoms with Gasteiger partial charge in [-0.3, -0.25) is 5.10 Å². The van der Waals surface area contributed by atoms with Gasteiger partial charge in [-0.2, -0.15) is 10.2 Å². The van der Waals surface area contributed by atoms with Gasteiger partial charge in [0.2, 0.25) is 0 Å². The second kappa shape index (κ2) is 5.94. The quantitative estimate of drug-likeness (QED) is 0.560. The Morgan fingerprint density at radius 1 is 1.04 bits per heavy atom. The number of pyridine rings is 1. The first kappa shape index (κ1) is 15.6. The molecule has 3 aromatic heterocycles. The molecule has 0 aliphatic heterocycles. The predicted octanol–water partition coefficient (Wildman–Crippen LogP) is 4.94. The van der Waals surface area contributed by atoms with E-state index in [1.807, 2.05) is 4.52 Å². The minimum absolute atomic E-state index is 0.632. The van der Waals surface area contributed by atoms with Crippen LogP contribution in [-0.2, 0) is 0 Å². The Kier molecular flexibility index (Phi) is 3.55. The summed E-state index contributed by atoms with van der Waals surface area (Å²) in [6.07, 6.45) is 10.2. The predicted molar refractivity (Wildman–Crippen MR) is 103 cm³/mol. The van der Waals surface area contributed by atoms with E-state index >= 15 is 0 Å². The van der Waals surface area contributed by atoms with E-state index in [4.69, 9.17) is 0 Å². The molecular weight excluding hydrogens is 322 g/mol. The van der Waals surface area contributed by atoms with E-state index in [1.54, 1.807) is 6.33 Å². The average molecular weight is 345 g/mol. The molecule has 0 radical (unpaired) electrons. The van der Waals surface area contributed by atoms with E-state index in [2.05, 4.69) is 58.5 Å². The van der Waals surface area contributed by atoms with Gasteiger partial charge in [0.05, 0.1) is 5.52 Å². The summed E-state index contributed by atoms with van der Waals surface area (Å²) in [4.78, 5) is 4.31. The van der Waals surface area contributed by atoms with Crippen LogP contribution in [0.4, 0.5) is 0 Å². The number of benzene rings is 1. The van der Waals surface area contributed by atoms with E-state index in [1.165, 1.54) is 54.3 Å². The van der Waals surface area contributed by atoms with Crippen molar-refractivity contribution in [1.82, 2.24) is 24.8 Å². The van der Waals surface area contributed by atoms with Crippen molar-refractivity contribution in [3.8, 4) is 11.1 Å². The maximum Gasteiger partial charge on any atom is 0.158 e. The molecule has 132 valence electrons. The molecule has 0 saturated heterocycles. The van der Waals surface area contributed by atoms with Crippen LogP contribution in [0.5, 0.6) is 0 Å². The maximum absolute atomic E-state index is 4.64. The number of nitrogens with one attached hydrogen (secondary N) is 1. The molecule has 0 spiro atoms. The molecule has 26 heavy (non-hydrogen) atoms. The molecule has 1 aliphatic carbocycles. The lowest BCUT2D eigenvalue weighted by molar-refractivity contribution is 0.438. The topological polar surface area (TPSA) is 58.9 Å². The molecule has 0 bridgehead atoms. The van der Waals surface area contributed by atoms with Crippen LogP contribution in [0.15, 0.2) is 30.7 Å². The van der Waals surface area contributed by atoms with Crippen molar-refractivity contribution in [3.63, 3.8) is 0 Å². The maximum atomic E-state index is 4.64. The fraction of sp³-hybridized carbons (Fsp3) is 0.381. The highest BCUT2D eigenvalue weighted by Gasteiger charge is 2.20. The van der Waals surface area contributed by atoms with Gasteiger partial charge in [-0.1, -0.05) is 19.3 Å². The number of hydrogen-bond acceptors (Lipinski definition) is 3. The van der Waals surface area contributed by atoms with Gasteiger partial charge < -0.3 is 0 Å². The van der Waals surface area contributed by atoms with Gasteiger partial charge in [0.15, 0.2) is 5.65 Å². The number of H-pyrrole nitrogens is 1. The van der Waals surface area contributed by atoms with Crippen LogP contribution in [0.3, 0.4) is 0 Å². The second-order valence-corrected chi connectivity index (χ2v) is 7.60. The third kappa shape index (κ3) is 2.42. The Labute approximate surface area is 152 Å². The van der Waals surface area contributed by atoms with Crippen LogP contribution in [-0.4, -0.2) is 24.8 Å². The normalized spacial score (nSPS) is 15.9. The van der Waals surface area contributed by atoms with Crippen LogP contribution in [0.2, 0.25) is 0 Å². The molecule has 1 N–H and O–H groups in total. The number of fused-ring (bicyclic) bond motifs is 2. The Bertz CT molecular complexity index is 1100. The molecule has 5 heteroatoms. The van der Waals surface area contributed by atoms with E-state index in [-0.39, 0.29) is 0 Å². The smallest absolute Gasteiger partial charge is 0.158 e. The molecule has 0 unspecified atom stereocenters. The van der Waals surface area contributed by atoms with Gasteiger partial charge in [0.25, 0.3) is 0 Å². The molecule has 4 aromatic rings. The highest BCUT2D eigenvalue weighted by atomic mass is 15.3. The number of aromatic nitrogens is 5. The molecule has 1 aliphatic rings. The molecule has 0 atom stereocenters. The largest absolute Gasteiger partial charge is 0.281 e. The number of aromatic amines is 1. The summed E-state index contributed by atoms with van der Waals surface area (Å²) >= 11 is 0. The first-order valence-electron chi connectivity index (χ1n) is 9.49. The minimum atomic E-state index is 0.632. The Morgan fingerprint density at radius 2 is 1.88 bits per heavy atom.